The number of morpholine rings is 1. The third kappa shape index (κ3) is 2.42. The number of ether oxygens (including phenoxy) is 1. The maximum atomic E-state index is 11.6. The Morgan fingerprint density at radius 3 is 2.59 bits per heavy atom. The fraction of sp³-hybridized carbons (Fsp3) is 0.462. The topological polar surface area (TPSA) is 49.8 Å². The van der Waals surface area contributed by atoms with Gasteiger partial charge in [-0.1, -0.05) is 0 Å². The monoisotopic (exact) mass is 235 g/mol. The molecule has 17 heavy (non-hydrogen) atoms. The normalized spacial score (nSPS) is 16.0. The van der Waals surface area contributed by atoms with Crippen molar-refractivity contribution in [2.45, 2.75) is 13.8 Å². The van der Waals surface area contributed by atoms with Gasteiger partial charge in [0.15, 0.2) is 5.78 Å². The molecule has 1 N–H and O–H groups in total. The van der Waals surface area contributed by atoms with Crippen LogP contribution in [0.25, 0.3) is 0 Å². The molecule has 1 heterocycles. The summed E-state index contributed by atoms with van der Waals surface area (Å²) in [6.45, 7) is 6.21. The number of rotatable bonds is 2. The Hall–Kier alpha value is -1.55. The fourth-order valence-electron chi connectivity index (χ4n) is 2.16. The van der Waals surface area contributed by atoms with Crippen LogP contribution < -0.4 is 4.90 Å². The standard InChI is InChI=1S/C13H17NO3/c1-9-7-11(14-3-5-17-6-4-14)13(10(2)15)12(16)8-9/h7-8,16H,3-6H2,1-2H3. The van der Waals surface area contributed by atoms with Gasteiger partial charge in [0.05, 0.1) is 24.5 Å². The van der Waals surface area contributed by atoms with E-state index in [1.54, 1.807) is 6.07 Å². The lowest BCUT2D eigenvalue weighted by atomic mass is 10.0. The average molecular weight is 235 g/mol. The first-order chi connectivity index (χ1) is 8.09. The summed E-state index contributed by atoms with van der Waals surface area (Å²) in [6, 6.07) is 3.57. The molecule has 0 aliphatic carbocycles. The van der Waals surface area contributed by atoms with Crippen LogP contribution >= 0.6 is 0 Å². The van der Waals surface area contributed by atoms with Crippen LogP contribution in [0.3, 0.4) is 0 Å². The van der Waals surface area contributed by atoms with Crippen LogP contribution in [0.1, 0.15) is 22.8 Å². The number of anilines is 1. The second-order valence-corrected chi connectivity index (χ2v) is 4.33. The van der Waals surface area contributed by atoms with Gasteiger partial charge in [-0.2, -0.15) is 0 Å². The van der Waals surface area contributed by atoms with Crippen LogP contribution in [0.4, 0.5) is 5.69 Å². The Morgan fingerprint density at radius 1 is 1.35 bits per heavy atom. The molecule has 1 saturated heterocycles. The number of aryl methyl sites for hydroxylation is 1. The smallest absolute Gasteiger partial charge is 0.165 e. The van der Waals surface area contributed by atoms with Gasteiger partial charge in [-0.3, -0.25) is 4.79 Å². The van der Waals surface area contributed by atoms with Crippen molar-refractivity contribution in [2.75, 3.05) is 31.2 Å². The third-order valence-corrected chi connectivity index (χ3v) is 2.94. The highest BCUT2D eigenvalue weighted by Crippen LogP contribution is 2.31. The second kappa shape index (κ2) is 4.75. The van der Waals surface area contributed by atoms with Crippen molar-refractivity contribution in [1.82, 2.24) is 0 Å². The van der Waals surface area contributed by atoms with Crippen molar-refractivity contribution in [1.29, 1.82) is 0 Å². The summed E-state index contributed by atoms with van der Waals surface area (Å²) in [4.78, 5) is 13.7. The number of carbonyl (C=O) groups excluding carboxylic acids is 1. The fourth-order valence-corrected chi connectivity index (χ4v) is 2.16. The molecule has 1 aliphatic heterocycles. The summed E-state index contributed by atoms with van der Waals surface area (Å²) in [6.07, 6.45) is 0. The van der Waals surface area contributed by atoms with Crippen molar-refractivity contribution in [3.8, 4) is 5.75 Å². The molecule has 0 bridgehead atoms. The molecular weight excluding hydrogens is 218 g/mol. The zero-order valence-corrected chi connectivity index (χ0v) is 10.2. The highest BCUT2D eigenvalue weighted by Gasteiger charge is 2.20. The van der Waals surface area contributed by atoms with Crippen LogP contribution in [0.15, 0.2) is 12.1 Å². The molecule has 0 radical (unpaired) electrons. The molecule has 0 unspecified atom stereocenters. The van der Waals surface area contributed by atoms with E-state index in [2.05, 4.69) is 4.90 Å². The Balaban J connectivity index is 2.46. The first-order valence-corrected chi connectivity index (χ1v) is 5.77. The highest BCUT2D eigenvalue weighted by atomic mass is 16.5. The molecular formula is C13H17NO3. The molecule has 2 rings (SSSR count). The van der Waals surface area contributed by atoms with E-state index in [9.17, 15) is 9.90 Å². The van der Waals surface area contributed by atoms with Crippen molar-refractivity contribution >= 4 is 11.5 Å². The van der Waals surface area contributed by atoms with Gasteiger partial charge in [0.1, 0.15) is 5.75 Å². The van der Waals surface area contributed by atoms with E-state index in [1.165, 1.54) is 6.92 Å². The number of hydrogen-bond acceptors (Lipinski definition) is 4. The predicted molar refractivity (Wildman–Crippen MR) is 65.9 cm³/mol. The summed E-state index contributed by atoms with van der Waals surface area (Å²) in [5.74, 6) is -0.0389. The van der Waals surface area contributed by atoms with Crippen LogP contribution in [-0.2, 0) is 4.74 Å². The maximum Gasteiger partial charge on any atom is 0.165 e. The van der Waals surface area contributed by atoms with Gasteiger partial charge in [-0.15, -0.1) is 0 Å². The molecule has 0 spiro atoms. The molecule has 1 aromatic carbocycles. The molecule has 4 nitrogen and oxygen atoms in total. The van der Waals surface area contributed by atoms with Gasteiger partial charge in [0, 0.05) is 13.1 Å². The van der Waals surface area contributed by atoms with Crippen molar-refractivity contribution in [2.24, 2.45) is 0 Å². The zero-order valence-electron chi connectivity index (χ0n) is 10.2. The molecule has 0 amide bonds. The quantitative estimate of drug-likeness (QED) is 0.793. The van der Waals surface area contributed by atoms with E-state index in [-0.39, 0.29) is 11.5 Å². The number of carbonyl (C=O) groups is 1. The van der Waals surface area contributed by atoms with Gasteiger partial charge in [-0.25, -0.2) is 0 Å². The lowest BCUT2D eigenvalue weighted by Gasteiger charge is -2.30. The molecule has 0 atom stereocenters. The average Bonchev–Trinajstić information content (AvgIpc) is 2.28. The number of ketones is 1. The third-order valence-electron chi connectivity index (χ3n) is 2.94. The van der Waals surface area contributed by atoms with Crippen LogP contribution in [0, 0.1) is 6.92 Å². The van der Waals surface area contributed by atoms with Gasteiger partial charge in [-0.05, 0) is 31.5 Å². The minimum absolute atomic E-state index is 0.0685. The molecule has 4 heteroatoms. The van der Waals surface area contributed by atoms with E-state index in [0.717, 1.165) is 24.3 Å². The summed E-state index contributed by atoms with van der Waals surface area (Å²) >= 11 is 0. The number of benzene rings is 1. The number of hydrogen-bond donors (Lipinski definition) is 1. The maximum absolute atomic E-state index is 11.6. The van der Waals surface area contributed by atoms with Gasteiger partial charge >= 0.3 is 0 Å². The summed E-state index contributed by atoms with van der Waals surface area (Å²) in [7, 11) is 0. The van der Waals surface area contributed by atoms with E-state index in [0.29, 0.717) is 18.8 Å². The molecule has 0 saturated carbocycles. The molecule has 1 aliphatic rings. The molecule has 0 aromatic heterocycles. The lowest BCUT2D eigenvalue weighted by molar-refractivity contribution is 0.101. The van der Waals surface area contributed by atoms with Gasteiger partial charge < -0.3 is 14.7 Å². The van der Waals surface area contributed by atoms with E-state index in [4.69, 9.17) is 4.74 Å². The molecule has 1 fully saturated rings. The number of phenolic OH excluding ortho intramolecular Hbond substituents is 1. The number of Topliss-reactive ketones (excluding diaryl/α,β-unsaturated/α-hetero) is 1. The summed E-state index contributed by atoms with van der Waals surface area (Å²) < 4.78 is 5.29. The van der Waals surface area contributed by atoms with Crippen molar-refractivity contribution in [3.63, 3.8) is 0 Å². The molecule has 1 aromatic rings. The Bertz CT molecular complexity index is 437. The predicted octanol–water partition coefficient (Wildman–Crippen LogP) is 1.74. The Labute approximate surface area is 101 Å². The van der Waals surface area contributed by atoms with Crippen molar-refractivity contribution in [3.05, 3.63) is 23.3 Å². The van der Waals surface area contributed by atoms with Crippen LogP contribution in [0.5, 0.6) is 5.75 Å². The largest absolute Gasteiger partial charge is 0.507 e. The van der Waals surface area contributed by atoms with Crippen LogP contribution in [-0.4, -0.2) is 37.2 Å². The summed E-state index contributed by atoms with van der Waals surface area (Å²) in [5, 5.41) is 9.89. The lowest BCUT2D eigenvalue weighted by Crippen LogP contribution is -2.37. The van der Waals surface area contributed by atoms with E-state index in [1.807, 2.05) is 13.0 Å². The Kier molecular flexibility index (Phi) is 3.33. The number of phenols is 1. The number of nitrogens with zero attached hydrogens (tertiary/aromatic N) is 1. The zero-order chi connectivity index (χ0) is 12.4. The molecule has 92 valence electrons. The first kappa shape index (κ1) is 11.9. The summed E-state index contributed by atoms with van der Waals surface area (Å²) in [5.41, 5.74) is 2.18. The minimum atomic E-state index is -0.107. The SMILES string of the molecule is CC(=O)c1c(O)cc(C)cc1N1CCOCC1. The first-order valence-electron chi connectivity index (χ1n) is 5.77. The highest BCUT2D eigenvalue weighted by molar-refractivity contribution is 6.02. The second-order valence-electron chi connectivity index (χ2n) is 4.33. The number of aromatic hydroxyl groups is 1. The van der Waals surface area contributed by atoms with E-state index >= 15 is 0 Å². The van der Waals surface area contributed by atoms with Gasteiger partial charge in [0.25, 0.3) is 0 Å². The van der Waals surface area contributed by atoms with Gasteiger partial charge in [0.2, 0.25) is 0 Å². The van der Waals surface area contributed by atoms with E-state index < -0.39 is 0 Å². The Morgan fingerprint density at radius 2 is 2.00 bits per heavy atom. The van der Waals surface area contributed by atoms with Crippen molar-refractivity contribution < 1.29 is 14.6 Å². The minimum Gasteiger partial charge on any atom is -0.507 e. The van der Waals surface area contributed by atoms with Crippen LogP contribution in [0.2, 0.25) is 0 Å².